The van der Waals surface area contributed by atoms with Gasteiger partial charge < -0.3 is 16.0 Å². The van der Waals surface area contributed by atoms with E-state index in [1.165, 1.54) is 23.3 Å². The van der Waals surface area contributed by atoms with Crippen LogP contribution in [0.3, 0.4) is 0 Å². The number of fused-ring (bicyclic) bond motifs is 2. The third-order valence-corrected chi connectivity index (χ3v) is 6.29. The number of nitrogens with zero attached hydrogens (tertiary/aromatic N) is 2. The molecule has 0 fully saturated rings. The molecule has 3 N–H and O–H groups in total. The molecule has 3 aromatic rings. The van der Waals surface area contributed by atoms with E-state index in [-0.39, 0.29) is 5.91 Å². The highest BCUT2D eigenvalue weighted by Crippen LogP contribution is 2.36. The molecule has 27 heavy (non-hydrogen) atoms. The second-order valence-electron chi connectivity index (χ2n) is 7.54. The Kier molecular flexibility index (Phi) is 4.52. The predicted octanol–water partition coefficient (Wildman–Crippen LogP) is 4.32. The monoisotopic (exact) mass is 380 g/mol. The summed E-state index contributed by atoms with van der Waals surface area (Å²) in [6.45, 7) is 2.27. The highest BCUT2D eigenvalue weighted by atomic mass is 32.1. The molecule has 2 aromatic heterocycles. The van der Waals surface area contributed by atoms with Gasteiger partial charge in [0.05, 0.1) is 5.69 Å². The summed E-state index contributed by atoms with van der Waals surface area (Å²) in [6.07, 6.45) is 3.21. The van der Waals surface area contributed by atoms with Gasteiger partial charge in [0, 0.05) is 36.6 Å². The maximum atomic E-state index is 12.8. The normalized spacial score (nSPS) is 16.2. The summed E-state index contributed by atoms with van der Waals surface area (Å²) in [6, 6.07) is 9.88. The van der Waals surface area contributed by atoms with Crippen LogP contribution in [0.1, 0.15) is 34.3 Å². The third-order valence-electron chi connectivity index (χ3n) is 5.18. The summed E-state index contributed by atoms with van der Waals surface area (Å²) in [5, 5.41) is 3.85. The van der Waals surface area contributed by atoms with Crippen molar-refractivity contribution in [1.82, 2.24) is 4.98 Å². The number of rotatable bonds is 3. The van der Waals surface area contributed by atoms with E-state index in [0.717, 1.165) is 40.1 Å². The number of carbonyl (C=O) groups is 1. The van der Waals surface area contributed by atoms with Crippen LogP contribution in [0.5, 0.6) is 0 Å². The van der Waals surface area contributed by atoms with E-state index in [2.05, 4.69) is 18.3 Å². The Labute approximate surface area is 163 Å². The zero-order valence-corrected chi connectivity index (χ0v) is 16.7. The van der Waals surface area contributed by atoms with E-state index < -0.39 is 0 Å². The Hall–Kier alpha value is -2.60. The molecule has 0 radical (unpaired) electrons. The van der Waals surface area contributed by atoms with Crippen LogP contribution in [0, 0.1) is 5.92 Å². The quantitative estimate of drug-likeness (QED) is 0.710. The van der Waals surface area contributed by atoms with Crippen LogP contribution in [0.2, 0.25) is 0 Å². The van der Waals surface area contributed by atoms with Crippen LogP contribution in [-0.4, -0.2) is 25.0 Å². The van der Waals surface area contributed by atoms with Gasteiger partial charge in [-0.2, -0.15) is 0 Å². The molecule has 4 rings (SSSR count). The number of carbonyl (C=O) groups excluding carboxylic acids is 1. The van der Waals surface area contributed by atoms with Gasteiger partial charge in [0.15, 0.2) is 0 Å². The lowest BCUT2D eigenvalue weighted by Gasteiger charge is -2.20. The van der Waals surface area contributed by atoms with E-state index in [0.29, 0.717) is 16.5 Å². The summed E-state index contributed by atoms with van der Waals surface area (Å²) in [7, 11) is 3.97. The lowest BCUT2D eigenvalue weighted by molar-refractivity contribution is 0.103. The molecule has 0 saturated heterocycles. The molecule has 1 aliphatic carbocycles. The van der Waals surface area contributed by atoms with Crippen molar-refractivity contribution >= 4 is 44.5 Å². The lowest BCUT2D eigenvalue weighted by atomic mass is 9.87. The highest BCUT2D eigenvalue weighted by Gasteiger charge is 2.22. The number of benzene rings is 1. The minimum Gasteiger partial charge on any atom is -0.397 e. The summed E-state index contributed by atoms with van der Waals surface area (Å²) in [5.41, 5.74) is 11.1. The first kappa shape index (κ1) is 17.8. The van der Waals surface area contributed by atoms with Crippen molar-refractivity contribution < 1.29 is 4.79 Å². The first-order valence-corrected chi connectivity index (χ1v) is 10.0. The van der Waals surface area contributed by atoms with Gasteiger partial charge in [-0.1, -0.05) is 6.92 Å². The fraction of sp³-hybridized carbons (Fsp3) is 0.333. The van der Waals surface area contributed by atoms with Crippen LogP contribution in [0.4, 0.5) is 17.1 Å². The van der Waals surface area contributed by atoms with E-state index in [1.54, 1.807) is 0 Å². The van der Waals surface area contributed by atoms with Crippen LogP contribution >= 0.6 is 11.3 Å². The lowest BCUT2D eigenvalue weighted by Crippen LogP contribution is -2.13. The number of nitrogen functional groups attached to an aromatic ring is 1. The fourth-order valence-corrected chi connectivity index (χ4v) is 4.56. The molecule has 1 amide bonds. The van der Waals surface area contributed by atoms with Gasteiger partial charge in [-0.3, -0.25) is 4.79 Å². The molecule has 0 bridgehead atoms. The van der Waals surface area contributed by atoms with Gasteiger partial charge in [0.2, 0.25) is 0 Å². The summed E-state index contributed by atoms with van der Waals surface area (Å²) < 4.78 is 0. The van der Waals surface area contributed by atoms with Crippen molar-refractivity contribution in [2.45, 2.75) is 26.2 Å². The van der Waals surface area contributed by atoms with E-state index in [1.807, 2.05) is 43.3 Å². The van der Waals surface area contributed by atoms with Crippen LogP contribution < -0.4 is 16.0 Å². The van der Waals surface area contributed by atoms with E-state index in [9.17, 15) is 4.79 Å². The Bertz CT molecular complexity index is 1010. The second kappa shape index (κ2) is 6.85. The number of nitrogens with one attached hydrogen (secondary N) is 1. The molecule has 1 aromatic carbocycles. The Morgan fingerprint density at radius 3 is 2.74 bits per heavy atom. The average molecular weight is 381 g/mol. The molecule has 0 spiro atoms. The van der Waals surface area contributed by atoms with E-state index in [4.69, 9.17) is 10.7 Å². The third kappa shape index (κ3) is 3.37. The number of pyridine rings is 1. The van der Waals surface area contributed by atoms with Gasteiger partial charge in [-0.05, 0) is 61.1 Å². The van der Waals surface area contributed by atoms with Gasteiger partial charge in [0.25, 0.3) is 5.91 Å². The summed E-state index contributed by atoms with van der Waals surface area (Å²) in [4.78, 5) is 21.0. The molecule has 2 heterocycles. The maximum absolute atomic E-state index is 12.8. The largest absolute Gasteiger partial charge is 0.397 e. The van der Waals surface area contributed by atoms with E-state index >= 15 is 0 Å². The number of thiophene rings is 1. The number of hydrogen-bond donors (Lipinski definition) is 2. The topological polar surface area (TPSA) is 71.2 Å². The summed E-state index contributed by atoms with van der Waals surface area (Å²) in [5.74, 6) is 0.490. The molecular weight excluding hydrogens is 356 g/mol. The maximum Gasteiger partial charge on any atom is 0.267 e. The minimum absolute atomic E-state index is 0.181. The van der Waals surface area contributed by atoms with Gasteiger partial charge in [0.1, 0.15) is 9.71 Å². The molecule has 6 heteroatoms. The first-order valence-electron chi connectivity index (χ1n) is 9.22. The number of hydrogen-bond acceptors (Lipinski definition) is 5. The number of anilines is 3. The molecule has 5 nitrogen and oxygen atoms in total. The van der Waals surface area contributed by atoms with Crippen LogP contribution in [0.15, 0.2) is 30.3 Å². The van der Waals surface area contributed by atoms with Crippen molar-refractivity contribution in [1.29, 1.82) is 0 Å². The van der Waals surface area contributed by atoms with Crippen molar-refractivity contribution in [2.75, 3.05) is 30.0 Å². The Balaban J connectivity index is 1.63. The highest BCUT2D eigenvalue weighted by molar-refractivity contribution is 7.21. The molecule has 140 valence electrons. The van der Waals surface area contributed by atoms with Gasteiger partial charge in [-0.25, -0.2) is 4.98 Å². The van der Waals surface area contributed by atoms with Crippen LogP contribution in [-0.2, 0) is 12.8 Å². The average Bonchev–Trinajstić information content (AvgIpc) is 2.96. The molecule has 1 atom stereocenters. The van der Waals surface area contributed by atoms with Crippen molar-refractivity contribution in [3.8, 4) is 0 Å². The predicted molar refractivity (Wildman–Crippen MR) is 114 cm³/mol. The fourth-order valence-electron chi connectivity index (χ4n) is 3.57. The van der Waals surface area contributed by atoms with Crippen molar-refractivity contribution in [3.05, 3.63) is 46.5 Å². The number of aryl methyl sites for hydroxylation is 1. The number of aromatic nitrogens is 1. The molecule has 0 aliphatic heterocycles. The van der Waals surface area contributed by atoms with Gasteiger partial charge >= 0.3 is 0 Å². The van der Waals surface area contributed by atoms with Crippen molar-refractivity contribution in [3.63, 3.8) is 0 Å². The van der Waals surface area contributed by atoms with Crippen LogP contribution in [0.25, 0.3) is 10.2 Å². The SMILES string of the molecule is CC1CCc2nc3sc(C(=O)Nc4ccc(N(C)C)cc4)c(N)c3cc2C1. The molecule has 1 unspecified atom stereocenters. The molecular formula is C21H24N4OS. The summed E-state index contributed by atoms with van der Waals surface area (Å²) >= 11 is 1.38. The first-order chi connectivity index (χ1) is 12.9. The molecule has 1 aliphatic rings. The Morgan fingerprint density at radius 1 is 1.30 bits per heavy atom. The zero-order valence-electron chi connectivity index (χ0n) is 15.9. The standard InChI is InChI=1S/C21H24N4OS/c1-12-4-9-17-13(10-12)11-16-18(22)19(27-21(16)24-17)20(26)23-14-5-7-15(8-6-14)25(2)3/h5-8,11-12H,4,9-10,22H2,1-3H3,(H,23,26). The minimum atomic E-state index is -0.181. The van der Waals surface area contributed by atoms with Gasteiger partial charge in [-0.15, -0.1) is 11.3 Å². The number of amides is 1. The zero-order chi connectivity index (χ0) is 19.1. The Morgan fingerprint density at radius 2 is 2.04 bits per heavy atom. The van der Waals surface area contributed by atoms with Crippen molar-refractivity contribution in [2.24, 2.45) is 5.92 Å². The smallest absolute Gasteiger partial charge is 0.267 e. The second-order valence-corrected chi connectivity index (χ2v) is 8.53. The number of nitrogens with two attached hydrogens (primary N) is 1. The molecule has 0 saturated carbocycles.